The molecule has 6 aromatic rings. The van der Waals surface area contributed by atoms with E-state index in [1.807, 2.05) is 0 Å². The number of benzene rings is 6. The minimum absolute atomic E-state index is 0.671. The number of rotatable bonds is 8. The van der Waals surface area contributed by atoms with Gasteiger partial charge >= 0.3 is 0 Å². The molecule has 0 aliphatic carbocycles. The molecule has 40 heavy (non-hydrogen) atoms. The van der Waals surface area contributed by atoms with Gasteiger partial charge in [0.25, 0.3) is 0 Å². The lowest BCUT2D eigenvalue weighted by Crippen LogP contribution is -2.52. The molecular formula is C37H31P2Si. The Morgan fingerprint density at radius 1 is 0.325 bits per heavy atom. The third-order valence-electron chi connectivity index (χ3n) is 7.16. The monoisotopic (exact) mass is 565 g/mol. The van der Waals surface area contributed by atoms with Gasteiger partial charge in [-0.3, -0.25) is 0 Å². The molecule has 0 saturated carbocycles. The van der Waals surface area contributed by atoms with Gasteiger partial charge in [-0.05, 0) is 58.0 Å². The van der Waals surface area contributed by atoms with Crippen molar-refractivity contribution in [3.8, 4) is 0 Å². The predicted molar refractivity (Wildman–Crippen MR) is 181 cm³/mol. The minimum Gasteiger partial charge on any atom is -0.0628 e. The summed E-state index contributed by atoms with van der Waals surface area (Å²) in [6, 6.07) is 62.8. The van der Waals surface area contributed by atoms with Gasteiger partial charge in [0.15, 0.2) is 0 Å². The molecule has 0 aliphatic heterocycles. The Labute approximate surface area is 242 Å². The summed E-state index contributed by atoms with van der Waals surface area (Å²) in [5, 5.41) is 11.6. The van der Waals surface area contributed by atoms with Crippen LogP contribution >= 0.6 is 15.8 Å². The van der Waals surface area contributed by atoms with Crippen molar-refractivity contribution in [1.82, 2.24) is 0 Å². The van der Waals surface area contributed by atoms with Gasteiger partial charge < -0.3 is 0 Å². The Bertz CT molecular complexity index is 1450. The van der Waals surface area contributed by atoms with Crippen molar-refractivity contribution in [3.05, 3.63) is 170 Å². The average molecular weight is 566 g/mol. The summed E-state index contributed by atoms with van der Waals surface area (Å²) in [5.74, 6) is 0. The van der Waals surface area contributed by atoms with E-state index < -0.39 is 24.6 Å². The van der Waals surface area contributed by atoms with Crippen molar-refractivity contribution < 1.29 is 0 Å². The van der Waals surface area contributed by atoms with E-state index in [1.165, 1.54) is 42.2 Å². The first-order valence-electron chi connectivity index (χ1n) is 13.6. The van der Waals surface area contributed by atoms with Crippen molar-refractivity contribution >= 4 is 66.8 Å². The van der Waals surface area contributed by atoms with Crippen LogP contribution in [-0.4, -0.2) is 8.80 Å². The van der Waals surface area contributed by atoms with E-state index in [0.717, 1.165) is 0 Å². The lowest BCUT2D eigenvalue weighted by Gasteiger charge is -2.27. The Morgan fingerprint density at radius 2 is 0.575 bits per heavy atom. The highest BCUT2D eigenvalue weighted by atomic mass is 31.1. The molecule has 0 aliphatic rings. The van der Waals surface area contributed by atoms with E-state index in [4.69, 9.17) is 0 Å². The summed E-state index contributed by atoms with van der Waals surface area (Å²) >= 11 is 0. The molecule has 0 saturated heterocycles. The molecule has 0 spiro atoms. The lowest BCUT2D eigenvalue weighted by atomic mass is 10.3. The molecule has 0 nitrogen and oxygen atoms in total. The zero-order chi connectivity index (χ0) is 27.1. The van der Waals surface area contributed by atoms with Crippen LogP contribution in [0.1, 0.15) is 0 Å². The first kappa shape index (κ1) is 26.6. The van der Waals surface area contributed by atoms with Gasteiger partial charge in [0.05, 0.1) is 0 Å². The Balaban J connectivity index is 1.51. The number of hydrogen-bond donors (Lipinski definition) is 0. The quantitative estimate of drug-likeness (QED) is 0.170. The molecule has 0 N–H and O–H groups in total. The highest BCUT2D eigenvalue weighted by Crippen LogP contribution is 2.33. The molecule has 0 fully saturated rings. The van der Waals surface area contributed by atoms with Gasteiger partial charge in [-0.2, -0.15) is 0 Å². The van der Waals surface area contributed by atoms with Crippen LogP contribution in [0.2, 0.25) is 6.55 Å². The van der Waals surface area contributed by atoms with Crippen LogP contribution in [0.15, 0.2) is 170 Å². The van der Waals surface area contributed by atoms with Crippen LogP contribution < -0.4 is 42.2 Å². The second kappa shape index (κ2) is 12.7. The topological polar surface area (TPSA) is 0 Å². The Kier molecular flexibility index (Phi) is 8.46. The van der Waals surface area contributed by atoms with Crippen LogP contribution in [-0.2, 0) is 0 Å². The van der Waals surface area contributed by atoms with Crippen molar-refractivity contribution in [2.45, 2.75) is 6.55 Å². The summed E-state index contributed by atoms with van der Waals surface area (Å²) in [6.07, 6.45) is 0. The third kappa shape index (κ3) is 5.65. The maximum Gasteiger partial charge on any atom is 0.120 e. The highest BCUT2D eigenvalue weighted by Gasteiger charge is 2.27. The first-order valence-corrected chi connectivity index (χ1v) is 18.3. The van der Waals surface area contributed by atoms with E-state index >= 15 is 0 Å². The van der Waals surface area contributed by atoms with Gasteiger partial charge in [-0.25, -0.2) is 0 Å². The fourth-order valence-corrected chi connectivity index (χ4v) is 13.6. The normalized spacial score (nSPS) is 11.3. The molecule has 1 radical (unpaired) electrons. The molecule has 6 aromatic carbocycles. The molecule has 193 valence electrons. The molecule has 0 atom stereocenters. The first-order chi connectivity index (χ1) is 19.8. The zero-order valence-electron chi connectivity index (χ0n) is 22.6. The minimum atomic E-state index is -1.09. The van der Waals surface area contributed by atoms with Crippen LogP contribution in [0.3, 0.4) is 0 Å². The van der Waals surface area contributed by atoms with Crippen LogP contribution in [0.5, 0.6) is 0 Å². The summed E-state index contributed by atoms with van der Waals surface area (Å²) in [5.41, 5.74) is 0. The Hall–Kier alpha value is -3.60. The van der Waals surface area contributed by atoms with Crippen molar-refractivity contribution in [2.75, 3.05) is 0 Å². The second-order valence-corrected chi connectivity index (χ2v) is 16.4. The molecular weight excluding hydrogens is 534 g/mol. The smallest absolute Gasteiger partial charge is 0.0628 e. The fraction of sp³-hybridized carbons (Fsp3) is 0.0270. The van der Waals surface area contributed by atoms with E-state index in [0.29, 0.717) is 0 Å². The van der Waals surface area contributed by atoms with Gasteiger partial charge in [0.2, 0.25) is 0 Å². The third-order valence-corrected chi connectivity index (χ3v) is 15.1. The number of hydrogen-bond acceptors (Lipinski definition) is 0. The molecule has 0 unspecified atom stereocenters. The average Bonchev–Trinajstić information content (AvgIpc) is 3.04. The van der Waals surface area contributed by atoms with E-state index in [9.17, 15) is 0 Å². The SMILES string of the molecule is C[Si](c1ccccc1P(c1ccccc1)c1ccccc1)c1ccccc1P(c1ccccc1)c1ccccc1. The maximum atomic E-state index is 2.50. The summed E-state index contributed by atoms with van der Waals surface area (Å²) in [4.78, 5) is 0. The highest BCUT2D eigenvalue weighted by molar-refractivity contribution is 7.81. The lowest BCUT2D eigenvalue weighted by molar-refractivity contribution is 1.74. The summed E-state index contributed by atoms with van der Waals surface area (Å²) in [7, 11) is -2.43. The fourth-order valence-electron chi connectivity index (χ4n) is 5.28. The maximum absolute atomic E-state index is 2.50. The summed E-state index contributed by atoms with van der Waals surface area (Å²) in [6.45, 7) is 2.50. The van der Waals surface area contributed by atoms with E-state index in [1.54, 1.807) is 0 Å². The zero-order valence-corrected chi connectivity index (χ0v) is 25.3. The van der Waals surface area contributed by atoms with E-state index in [-0.39, 0.29) is 0 Å². The Morgan fingerprint density at radius 3 is 0.875 bits per heavy atom. The standard InChI is InChI=1S/C37H31P2Si/c1-40(36-28-16-14-26-34(36)38(30-18-6-2-7-19-30)31-20-8-3-9-21-31)37-29-17-15-27-35(37)39(32-22-10-4-11-23-32)33-24-12-5-13-25-33/h2-29H,1H3. The predicted octanol–water partition coefficient (Wildman–Crippen LogP) is 5.44. The van der Waals surface area contributed by atoms with Gasteiger partial charge in [-0.15, -0.1) is 0 Å². The largest absolute Gasteiger partial charge is 0.120 e. The van der Waals surface area contributed by atoms with Crippen LogP contribution in [0.25, 0.3) is 0 Å². The second-order valence-electron chi connectivity index (χ2n) is 9.67. The van der Waals surface area contributed by atoms with Crippen LogP contribution in [0.4, 0.5) is 0 Å². The van der Waals surface area contributed by atoms with E-state index in [2.05, 4.69) is 176 Å². The van der Waals surface area contributed by atoms with Gasteiger partial charge in [0, 0.05) is 0 Å². The van der Waals surface area contributed by atoms with Crippen LogP contribution in [0, 0.1) is 0 Å². The van der Waals surface area contributed by atoms with Crippen molar-refractivity contribution in [2.24, 2.45) is 0 Å². The van der Waals surface area contributed by atoms with Gasteiger partial charge in [0.1, 0.15) is 8.80 Å². The molecule has 0 bridgehead atoms. The van der Waals surface area contributed by atoms with Crippen molar-refractivity contribution in [1.29, 1.82) is 0 Å². The van der Waals surface area contributed by atoms with Gasteiger partial charge in [-0.1, -0.05) is 176 Å². The molecule has 3 heteroatoms. The molecule has 0 heterocycles. The summed E-state index contributed by atoms with van der Waals surface area (Å²) < 4.78 is 0. The molecule has 0 amide bonds. The molecule has 0 aromatic heterocycles. The molecule has 6 rings (SSSR count). The van der Waals surface area contributed by atoms with Crippen molar-refractivity contribution in [3.63, 3.8) is 0 Å².